The number of aromatic amines is 1. The van der Waals surface area contributed by atoms with E-state index in [-0.39, 0.29) is 18.4 Å². The van der Waals surface area contributed by atoms with E-state index in [0.29, 0.717) is 0 Å². The number of methoxy groups -OCH3 is 1. The Morgan fingerprint density at radius 2 is 2.05 bits per heavy atom. The maximum absolute atomic E-state index is 12.3. The predicted molar refractivity (Wildman–Crippen MR) is 64.4 cm³/mol. The van der Waals surface area contributed by atoms with Crippen LogP contribution in [-0.2, 0) is 14.3 Å². The van der Waals surface area contributed by atoms with E-state index in [1.54, 1.807) is 5.32 Å². The number of hydrogen-bond donors (Lipinski definition) is 2. The third-order valence-corrected chi connectivity index (χ3v) is 2.63. The minimum absolute atomic E-state index is 0.104. The molecule has 9 heteroatoms. The molecule has 1 heterocycles. The van der Waals surface area contributed by atoms with E-state index in [1.165, 1.54) is 18.5 Å². The number of esters is 1. The van der Waals surface area contributed by atoms with Crippen LogP contribution >= 0.6 is 0 Å². The Bertz CT molecular complexity index is 511. The van der Waals surface area contributed by atoms with Gasteiger partial charge in [0.1, 0.15) is 0 Å². The zero-order chi connectivity index (χ0) is 16.0. The Hall–Kier alpha value is -2.32. The molecule has 6 nitrogen and oxygen atoms in total. The lowest BCUT2D eigenvalue weighted by atomic mass is 10.0. The van der Waals surface area contributed by atoms with Crippen LogP contribution in [0.4, 0.5) is 13.2 Å². The number of aromatic nitrogens is 1. The molecule has 21 heavy (non-hydrogen) atoms. The van der Waals surface area contributed by atoms with Gasteiger partial charge >= 0.3 is 18.1 Å². The number of H-pyrrole nitrogens is 1. The van der Waals surface area contributed by atoms with Gasteiger partial charge in [-0.05, 0) is 12.5 Å². The summed E-state index contributed by atoms with van der Waals surface area (Å²) in [4.78, 5) is 36.6. The zero-order valence-corrected chi connectivity index (χ0v) is 11.0. The van der Waals surface area contributed by atoms with Gasteiger partial charge in [0.05, 0.1) is 13.2 Å². The molecule has 0 saturated heterocycles. The van der Waals surface area contributed by atoms with Gasteiger partial charge in [0.15, 0.2) is 5.78 Å². The van der Waals surface area contributed by atoms with Crippen molar-refractivity contribution in [1.82, 2.24) is 10.3 Å². The van der Waals surface area contributed by atoms with Gasteiger partial charge in [-0.15, -0.1) is 0 Å². The number of carbonyl (C=O) groups is 3. The van der Waals surface area contributed by atoms with Crippen molar-refractivity contribution in [2.24, 2.45) is 0 Å². The fourth-order valence-electron chi connectivity index (χ4n) is 1.55. The van der Waals surface area contributed by atoms with Crippen molar-refractivity contribution in [2.75, 3.05) is 7.11 Å². The smallest absolute Gasteiger partial charge is 0.469 e. The molecular formula is C12H13F3N2O4. The number of halogens is 3. The lowest BCUT2D eigenvalue weighted by Crippen LogP contribution is -2.47. The predicted octanol–water partition coefficient (Wildman–Crippen LogP) is 1.20. The lowest BCUT2D eigenvalue weighted by Gasteiger charge is -2.17. The molecule has 1 rings (SSSR count). The average Bonchev–Trinajstić information content (AvgIpc) is 2.94. The molecular weight excluding hydrogens is 293 g/mol. The average molecular weight is 306 g/mol. The first-order chi connectivity index (χ1) is 9.75. The molecule has 1 aromatic heterocycles. The van der Waals surface area contributed by atoms with Crippen LogP contribution in [0.3, 0.4) is 0 Å². The summed E-state index contributed by atoms with van der Waals surface area (Å²) >= 11 is 0. The van der Waals surface area contributed by atoms with Gasteiger partial charge in [0.25, 0.3) is 0 Å². The quantitative estimate of drug-likeness (QED) is 0.610. The molecule has 116 valence electrons. The van der Waals surface area contributed by atoms with Crippen LogP contribution in [0.15, 0.2) is 18.5 Å². The van der Waals surface area contributed by atoms with Crippen LogP contribution in [0, 0.1) is 0 Å². The lowest BCUT2D eigenvalue weighted by molar-refractivity contribution is -0.174. The molecule has 0 aliphatic carbocycles. The normalized spacial score (nSPS) is 12.6. The molecule has 0 fully saturated rings. The first kappa shape index (κ1) is 16.7. The van der Waals surface area contributed by atoms with Crippen LogP contribution in [0.2, 0.25) is 0 Å². The zero-order valence-electron chi connectivity index (χ0n) is 11.0. The Labute approximate surface area is 117 Å². The van der Waals surface area contributed by atoms with Crippen molar-refractivity contribution in [3.8, 4) is 0 Å². The van der Waals surface area contributed by atoms with E-state index in [9.17, 15) is 27.6 Å². The fraction of sp³-hybridized carbons (Fsp3) is 0.417. The first-order valence-corrected chi connectivity index (χ1v) is 5.87. The molecule has 1 aromatic rings. The summed E-state index contributed by atoms with van der Waals surface area (Å²) in [5.74, 6) is -3.65. The second kappa shape index (κ2) is 6.91. The fourth-order valence-corrected chi connectivity index (χ4v) is 1.55. The van der Waals surface area contributed by atoms with E-state index in [4.69, 9.17) is 0 Å². The highest BCUT2D eigenvalue weighted by atomic mass is 19.4. The van der Waals surface area contributed by atoms with Gasteiger partial charge in [-0.1, -0.05) is 0 Å². The van der Waals surface area contributed by atoms with Crippen LogP contribution in [0.25, 0.3) is 0 Å². The van der Waals surface area contributed by atoms with Crippen molar-refractivity contribution in [1.29, 1.82) is 0 Å². The Balaban J connectivity index is 2.82. The summed E-state index contributed by atoms with van der Waals surface area (Å²) in [5, 5.41) is 1.59. The summed E-state index contributed by atoms with van der Waals surface area (Å²) in [5.41, 5.74) is 0.104. The highest BCUT2D eigenvalue weighted by Crippen LogP contribution is 2.16. The molecule has 1 amide bonds. The molecule has 0 saturated carbocycles. The number of rotatable bonds is 6. The molecule has 0 aliphatic rings. The number of ether oxygens (including phenoxy) is 1. The SMILES string of the molecule is COC(=O)CC[C@H](NC(=O)C(F)(F)F)C(=O)c1cc[nH]c1. The van der Waals surface area contributed by atoms with Crippen molar-refractivity contribution in [3.63, 3.8) is 0 Å². The molecule has 0 spiro atoms. The second-order valence-electron chi connectivity index (χ2n) is 4.10. The number of ketones is 1. The van der Waals surface area contributed by atoms with Gasteiger partial charge in [0, 0.05) is 24.4 Å². The topological polar surface area (TPSA) is 88.3 Å². The largest absolute Gasteiger partial charge is 0.471 e. The third-order valence-electron chi connectivity index (χ3n) is 2.63. The van der Waals surface area contributed by atoms with Crippen molar-refractivity contribution in [3.05, 3.63) is 24.0 Å². The maximum atomic E-state index is 12.3. The number of amides is 1. The minimum atomic E-state index is -5.11. The summed E-state index contributed by atoms with van der Waals surface area (Å²) in [6.45, 7) is 0. The van der Waals surface area contributed by atoms with Crippen LogP contribution in [-0.4, -0.2) is 42.0 Å². The van der Waals surface area contributed by atoms with Gasteiger partial charge in [0.2, 0.25) is 0 Å². The van der Waals surface area contributed by atoms with Gasteiger partial charge in [-0.25, -0.2) is 0 Å². The van der Waals surface area contributed by atoms with Crippen LogP contribution in [0.1, 0.15) is 23.2 Å². The number of carbonyl (C=O) groups excluding carboxylic acids is 3. The van der Waals surface area contributed by atoms with Crippen LogP contribution < -0.4 is 5.32 Å². The second-order valence-corrected chi connectivity index (χ2v) is 4.10. The van der Waals surface area contributed by atoms with Gasteiger partial charge < -0.3 is 15.0 Å². The third kappa shape index (κ3) is 4.93. The van der Waals surface area contributed by atoms with E-state index in [1.807, 2.05) is 0 Å². The number of alkyl halides is 3. The number of Topliss-reactive ketones (excluding diaryl/α,β-unsaturated/α-hetero) is 1. The Kier molecular flexibility index (Phi) is 5.51. The van der Waals surface area contributed by atoms with Crippen molar-refractivity contribution in [2.45, 2.75) is 25.1 Å². The van der Waals surface area contributed by atoms with Crippen molar-refractivity contribution >= 4 is 17.7 Å². The van der Waals surface area contributed by atoms with Gasteiger partial charge in [-0.3, -0.25) is 14.4 Å². The maximum Gasteiger partial charge on any atom is 0.471 e. The minimum Gasteiger partial charge on any atom is -0.469 e. The molecule has 0 aromatic carbocycles. The van der Waals surface area contributed by atoms with Crippen LogP contribution in [0.5, 0.6) is 0 Å². The van der Waals surface area contributed by atoms with E-state index in [2.05, 4.69) is 9.72 Å². The highest BCUT2D eigenvalue weighted by molar-refractivity contribution is 6.02. The molecule has 0 radical (unpaired) electrons. The highest BCUT2D eigenvalue weighted by Gasteiger charge is 2.40. The number of hydrogen-bond acceptors (Lipinski definition) is 4. The molecule has 0 unspecified atom stereocenters. The summed E-state index contributed by atoms with van der Waals surface area (Å²) in [7, 11) is 1.11. The standard InChI is InChI=1S/C12H13F3N2O4/c1-21-9(18)3-2-8(17-11(20)12(13,14)15)10(19)7-4-5-16-6-7/h4-6,8,16H,2-3H2,1H3,(H,17,20)/t8-/m0/s1. The first-order valence-electron chi connectivity index (χ1n) is 5.87. The Morgan fingerprint density at radius 1 is 1.38 bits per heavy atom. The molecule has 0 bridgehead atoms. The van der Waals surface area contributed by atoms with E-state index in [0.717, 1.165) is 7.11 Å². The number of nitrogens with one attached hydrogen (secondary N) is 2. The van der Waals surface area contributed by atoms with E-state index < -0.39 is 29.9 Å². The molecule has 0 aliphatic heterocycles. The molecule has 2 N–H and O–H groups in total. The van der Waals surface area contributed by atoms with E-state index >= 15 is 0 Å². The Morgan fingerprint density at radius 3 is 2.52 bits per heavy atom. The monoisotopic (exact) mass is 306 g/mol. The summed E-state index contributed by atoms with van der Waals surface area (Å²) < 4.78 is 41.1. The molecule has 1 atom stereocenters. The van der Waals surface area contributed by atoms with Gasteiger partial charge in [-0.2, -0.15) is 13.2 Å². The van der Waals surface area contributed by atoms with Crippen molar-refractivity contribution < 1.29 is 32.3 Å². The summed E-state index contributed by atoms with van der Waals surface area (Å²) in [6, 6.07) is -0.109. The summed E-state index contributed by atoms with van der Waals surface area (Å²) in [6.07, 6.45) is -3.00.